The third-order valence-corrected chi connectivity index (χ3v) is 4.38. The van der Waals surface area contributed by atoms with Gasteiger partial charge in [-0.3, -0.25) is 0 Å². The van der Waals surface area contributed by atoms with Crippen LogP contribution in [-0.4, -0.2) is 28.3 Å². The van der Waals surface area contributed by atoms with Crippen LogP contribution in [0.2, 0.25) is 5.02 Å². The van der Waals surface area contributed by atoms with Crippen LogP contribution in [0.1, 0.15) is 17.2 Å². The number of pyridine rings is 1. The van der Waals surface area contributed by atoms with Gasteiger partial charge in [-0.1, -0.05) is 11.6 Å². The Hall–Kier alpha value is -2.73. The highest BCUT2D eigenvalue weighted by Gasteiger charge is 2.24. The van der Waals surface area contributed by atoms with Crippen LogP contribution in [-0.2, 0) is 6.54 Å². The fourth-order valence-corrected chi connectivity index (χ4v) is 2.91. The third kappa shape index (κ3) is 3.25. The van der Waals surface area contributed by atoms with E-state index in [4.69, 9.17) is 25.8 Å². The Labute approximate surface area is 150 Å². The number of ether oxygens (including phenoxy) is 3. The fraction of sp³-hybridized carbons (Fsp3) is 0.222. The summed E-state index contributed by atoms with van der Waals surface area (Å²) in [6.45, 7) is 1.04. The zero-order chi connectivity index (χ0) is 17.2. The molecule has 3 heterocycles. The van der Waals surface area contributed by atoms with Crippen molar-refractivity contribution in [3.05, 3.63) is 65.3 Å². The van der Waals surface area contributed by atoms with Crippen molar-refractivity contribution in [1.29, 1.82) is 0 Å². The van der Waals surface area contributed by atoms with Crippen molar-refractivity contribution in [3.8, 4) is 17.4 Å². The zero-order valence-corrected chi connectivity index (χ0v) is 14.3. The molecule has 0 saturated carbocycles. The maximum atomic E-state index is 6.41. The minimum Gasteiger partial charge on any atom is -0.485 e. The van der Waals surface area contributed by atoms with Crippen LogP contribution in [0.5, 0.6) is 17.4 Å². The average Bonchev–Trinajstić information content (AvgIpc) is 3.15. The highest BCUT2D eigenvalue weighted by Crippen LogP contribution is 2.40. The molecular weight excluding hydrogens is 342 g/mol. The van der Waals surface area contributed by atoms with Gasteiger partial charge in [-0.15, -0.1) is 0 Å². The lowest BCUT2D eigenvalue weighted by Crippen LogP contribution is -2.22. The molecule has 3 aromatic rings. The number of rotatable bonds is 4. The van der Waals surface area contributed by atoms with Crippen LogP contribution in [0.15, 0.2) is 49.2 Å². The maximum absolute atomic E-state index is 6.41. The highest BCUT2D eigenvalue weighted by molar-refractivity contribution is 6.31. The van der Waals surface area contributed by atoms with E-state index in [0.717, 1.165) is 11.1 Å². The minimum atomic E-state index is -0.235. The average molecular weight is 358 g/mol. The first-order chi connectivity index (χ1) is 12.2. The normalized spacial score (nSPS) is 15.8. The van der Waals surface area contributed by atoms with Gasteiger partial charge in [0.05, 0.1) is 20.0 Å². The number of nitrogens with zero attached hydrogens (tertiary/aromatic N) is 3. The first-order valence-electron chi connectivity index (χ1n) is 7.80. The summed E-state index contributed by atoms with van der Waals surface area (Å²) in [5.74, 6) is 1.89. The van der Waals surface area contributed by atoms with E-state index < -0.39 is 0 Å². The van der Waals surface area contributed by atoms with Gasteiger partial charge in [0.1, 0.15) is 6.61 Å². The van der Waals surface area contributed by atoms with Crippen molar-refractivity contribution in [3.63, 3.8) is 0 Å². The largest absolute Gasteiger partial charge is 0.485 e. The van der Waals surface area contributed by atoms with Crippen LogP contribution in [0.25, 0.3) is 0 Å². The van der Waals surface area contributed by atoms with Crippen LogP contribution >= 0.6 is 11.6 Å². The first-order valence-corrected chi connectivity index (χ1v) is 8.18. The summed E-state index contributed by atoms with van der Waals surface area (Å²) in [5, 5.41) is 0.629. The molecule has 0 saturated heterocycles. The second-order valence-corrected chi connectivity index (χ2v) is 6.08. The van der Waals surface area contributed by atoms with Crippen LogP contribution in [0.4, 0.5) is 0 Å². The van der Waals surface area contributed by atoms with E-state index >= 15 is 0 Å². The molecule has 2 aromatic heterocycles. The molecule has 25 heavy (non-hydrogen) atoms. The van der Waals surface area contributed by atoms with Crippen LogP contribution < -0.4 is 14.2 Å². The molecule has 128 valence electrons. The van der Waals surface area contributed by atoms with Crippen molar-refractivity contribution in [2.24, 2.45) is 0 Å². The summed E-state index contributed by atoms with van der Waals surface area (Å²) in [7, 11) is 1.59. The van der Waals surface area contributed by atoms with E-state index in [1.54, 1.807) is 38.0 Å². The summed E-state index contributed by atoms with van der Waals surface area (Å²) >= 11 is 6.41. The summed E-state index contributed by atoms with van der Waals surface area (Å²) in [4.78, 5) is 8.25. The molecule has 0 amide bonds. The van der Waals surface area contributed by atoms with Gasteiger partial charge in [0.15, 0.2) is 17.6 Å². The van der Waals surface area contributed by atoms with E-state index in [0.29, 0.717) is 35.6 Å². The van der Waals surface area contributed by atoms with Gasteiger partial charge in [0.2, 0.25) is 5.88 Å². The van der Waals surface area contributed by atoms with Crippen molar-refractivity contribution in [1.82, 2.24) is 14.5 Å². The summed E-state index contributed by atoms with van der Waals surface area (Å²) in [6, 6.07) is 7.43. The summed E-state index contributed by atoms with van der Waals surface area (Å²) in [6.07, 6.45) is 6.87. The fourth-order valence-electron chi connectivity index (χ4n) is 2.70. The van der Waals surface area contributed by atoms with Gasteiger partial charge in [-0.05, 0) is 17.7 Å². The Morgan fingerprint density at radius 2 is 2.24 bits per heavy atom. The molecule has 0 N–H and O–H groups in total. The van der Waals surface area contributed by atoms with Gasteiger partial charge in [-0.2, -0.15) is 0 Å². The SMILES string of the molecule is COc1ccc(C2COc3cc(Cn4ccnc4)c(Cl)cc3O2)cn1. The second-order valence-electron chi connectivity index (χ2n) is 5.68. The number of halogens is 1. The Bertz CT molecular complexity index is 866. The number of benzene rings is 1. The number of hydrogen-bond donors (Lipinski definition) is 0. The Balaban J connectivity index is 1.55. The molecule has 1 atom stereocenters. The van der Waals surface area contributed by atoms with E-state index in [1.807, 2.05) is 22.9 Å². The molecule has 0 bridgehead atoms. The van der Waals surface area contributed by atoms with Crippen LogP contribution in [0, 0.1) is 0 Å². The van der Waals surface area contributed by atoms with E-state index in [9.17, 15) is 0 Å². The highest BCUT2D eigenvalue weighted by atomic mass is 35.5. The number of fused-ring (bicyclic) bond motifs is 1. The lowest BCUT2D eigenvalue weighted by Gasteiger charge is -2.27. The van der Waals surface area contributed by atoms with Gasteiger partial charge in [-0.25, -0.2) is 9.97 Å². The van der Waals surface area contributed by atoms with Crippen molar-refractivity contribution in [2.45, 2.75) is 12.6 Å². The monoisotopic (exact) mass is 357 g/mol. The van der Waals surface area contributed by atoms with E-state index in [1.165, 1.54) is 0 Å². The van der Waals surface area contributed by atoms with Gasteiger partial charge < -0.3 is 18.8 Å². The molecule has 6 nitrogen and oxygen atoms in total. The van der Waals surface area contributed by atoms with Crippen molar-refractivity contribution < 1.29 is 14.2 Å². The lowest BCUT2D eigenvalue weighted by atomic mass is 10.1. The van der Waals surface area contributed by atoms with Crippen LogP contribution in [0.3, 0.4) is 0 Å². The summed E-state index contributed by atoms with van der Waals surface area (Å²) < 4.78 is 19.0. The zero-order valence-electron chi connectivity index (χ0n) is 13.6. The van der Waals surface area contributed by atoms with Gasteiger partial charge in [0.25, 0.3) is 0 Å². The number of methoxy groups -OCH3 is 1. The molecule has 0 radical (unpaired) electrons. The van der Waals surface area contributed by atoms with E-state index in [2.05, 4.69) is 9.97 Å². The quantitative estimate of drug-likeness (QED) is 0.715. The predicted octanol–water partition coefficient (Wildman–Crippen LogP) is 3.50. The lowest BCUT2D eigenvalue weighted by molar-refractivity contribution is 0.0908. The smallest absolute Gasteiger partial charge is 0.212 e. The molecule has 1 aromatic carbocycles. The molecular formula is C18H16ClN3O3. The standard InChI is InChI=1S/C18H16ClN3O3/c1-23-18-3-2-12(8-21-18)17-10-24-15-6-13(9-22-5-4-20-11-22)14(19)7-16(15)25-17/h2-8,11,17H,9-10H2,1H3. The molecule has 4 rings (SSSR count). The number of aromatic nitrogens is 3. The van der Waals surface area contributed by atoms with Crippen molar-refractivity contribution >= 4 is 11.6 Å². The summed E-state index contributed by atoms with van der Waals surface area (Å²) in [5.41, 5.74) is 1.87. The van der Waals surface area contributed by atoms with E-state index in [-0.39, 0.29) is 6.10 Å². The number of hydrogen-bond acceptors (Lipinski definition) is 5. The molecule has 1 unspecified atom stereocenters. The molecule has 0 spiro atoms. The second kappa shape index (κ2) is 6.64. The molecule has 0 fully saturated rings. The number of imidazole rings is 1. The Kier molecular flexibility index (Phi) is 4.19. The molecule has 1 aliphatic rings. The van der Waals surface area contributed by atoms with Gasteiger partial charge >= 0.3 is 0 Å². The van der Waals surface area contributed by atoms with Gasteiger partial charge in [0, 0.05) is 41.3 Å². The third-order valence-electron chi connectivity index (χ3n) is 4.02. The molecule has 7 heteroatoms. The topological polar surface area (TPSA) is 58.4 Å². The minimum absolute atomic E-state index is 0.235. The molecule has 1 aliphatic heterocycles. The van der Waals surface area contributed by atoms with Crippen molar-refractivity contribution in [2.75, 3.05) is 13.7 Å². The first kappa shape index (κ1) is 15.8. The maximum Gasteiger partial charge on any atom is 0.212 e. The predicted molar refractivity (Wildman–Crippen MR) is 92.4 cm³/mol. The molecule has 0 aliphatic carbocycles. The Morgan fingerprint density at radius 1 is 1.32 bits per heavy atom. The Morgan fingerprint density at radius 3 is 2.96 bits per heavy atom.